The molecule has 0 aromatic heterocycles. The highest BCUT2D eigenvalue weighted by atomic mass is 16.5. The van der Waals surface area contributed by atoms with E-state index in [9.17, 15) is 20.1 Å². The van der Waals surface area contributed by atoms with E-state index in [2.05, 4.69) is 0 Å². The maximum absolute atomic E-state index is 12.5. The number of aliphatic hydroxyl groups excluding tert-OH is 3. The van der Waals surface area contributed by atoms with Gasteiger partial charge >= 0.3 is 5.97 Å². The second-order valence-electron chi connectivity index (χ2n) is 7.57. The van der Waals surface area contributed by atoms with Crippen LogP contribution in [-0.4, -0.2) is 58.9 Å². The van der Waals surface area contributed by atoms with Gasteiger partial charge in [-0.25, -0.2) is 0 Å². The highest BCUT2D eigenvalue weighted by molar-refractivity contribution is 5.74. The summed E-state index contributed by atoms with van der Waals surface area (Å²) in [7, 11) is 1.60. The van der Waals surface area contributed by atoms with Crippen LogP contribution in [0.5, 0.6) is 0 Å². The van der Waals surface area contributed by atoms with Gasteiger partial charge in [0.25, 0.3) is 0 Å². The van der Waals surface area contributed by atoms with Gasteiger partial charge in [-0.15, -0.1) is 0 Å². The van der Waals surface area contributed by atoms with Crippen LogP contribution in [0.2, 0.25) is 0 Å². The zero-order chi connectivity index (χ0) is 21.9. The predicted molar refractivity (Wildman–Crippen MR) is 111 cm³/mol. The number of hydrogen-bond acceptors (Lipinski definition) is 6. The van der Waals surface area contributed by atoms with Gasteiger partial charge in [0.15, 0.2) is 0 Å². The van der Waals surface area contributed by atoms with Gasteiger partial charge in [0.05, 0.1) is 36.4 Å². The number of aliphatic hydroxyl groups is 3. The molecule has 8 atom stereocenters. The van der Waals surface area contributed by atoms with Crippen LogP contribution in [0.25, 0.3) is 0 Å². The van der Waals surface area contributed by atoms with Crippen molar-refractivity contribution in [1.82, 2.24) is 0 Å². The fourth-order valence-corrected chi connectivity index (χ4v) is 3.26. The average Bonchev–Trinajstić information content (AvgIpc) is 2.67. The Morgan fingerprint density at radius 1 is 1.18 bits per heavy atom. The molecule has 8 unspecified atom stereocenters. The SMILES string of the molecule is CC.CCC(C)OC(=O)C1C(O)CC(OC)CC1/C=C/CC(O)C(C)C(C)O. The third kappa shape index (κ3) is 8.60. The van der Waals surface area contributed by atoms with E-state index in [1.54, 1.807) is 21.0 Å². The van der Waals surface area contributed by atoms with Crippen molar-refractivity contribution in [1.29, 1.82) is 0 Å². The molecule has 6 nitrogen and oxygen atoms in total. The van der Waals surface area contributed by atoms with E-state index in [1.807, 2.05) is 39.8 Å². The average molecular weight is 403 g/mol. The first-order valence-corrected chi connectivity index (χ1v) is 10.6. The Labute approximate surface area is 170 Å². The molecular weight excluding hydrogens is 360 g/mol. The minimum atomic E-state index is -0.818. The number of methoxy groups -OCH3 is 1. The summed E-state index contributed by atoms with van der Waals surface area (Å²) in [5.41, 5.74) is 0. The van der Waals surface area contributed by atoms with Crippen LogP contribution in [0.3, 0.4) is 0 Å². The number of carbonyl (C=O) groups is 1. The molecule has 6 heteroatoms. The smallest absolute Gasteiger partial charge is 0.312 e. The Bertz CT molecular complexity index is 450. The van der Waals surface area contributed by atoms with Crippen molar-refractivity contribution in [3.05, 3.63) is 12.2 Å². The molecule has 0 aromatic rings. The molecule has 0 heterocycles. The first-order valence-electron chi connectivity index (χ1n) is 10.6. The van der Waals surface area contributed by atoms with Crippen molar-refractivity contribution in [3.63, 3.8) is 0 Å². The minimum Gasteiger partial charge on any atom is -0.462 e. The Morgan fingerprint density at radius 3 is 2.29 bits per heavy atom. The third-order valence-electron chi connectivity index (χ3n) is 5.54. The van der Waals surface area contributed by atoms with E-state index in [0.717, 1.165) is 6.42 Å². The van der Waals surface area contributed by atoms with E-state index in [0.29, 0.717) is 19.3 Å². The summed E-state index contributed by atoms with van der Waals surface area (Å²) in [4.78, 5) is 12.5. The van der Waals surface area contributed by atoms with Gasteiger partial charge in [-0.2, -0.15) is 0 Å². The second-order valence-corrected chi connectivity index (χ2v) is 7.57. The van der Waals surface area contributed by atoms with Gasteiger partial charge in [0, 0.05) is 19.4 Å². The lowest BCUT2D eigenvalue weighted by molar-refractivity contribution is -0.164. The fourth-order valence-electron chi connectivity index (χ4n) is 3.26. The Kier molecular flexibility index (Phi) is 13.6. The highest BCUT2D eigenvalue weighted by Gasteiger charge is 2.41. The van der Waals surface area contributed by atoms with Crippen molar-refractivity contribution in [3.8, 4) is 0 Å². The van der Waals surface area contributed by atoms with Crippen LogP contribution >= 0.6 is 0 Å². The molecule has 0 bridgehead atoms. The van der Waals surface area contributed by atoms with Gasteiger partial charge in [-0.05, 0) is 39.0 Å². The molecule has 0 amide bonds. The first-order chi connectivity index (χ1) is 13.2. The normalized spacial score (nSPS) is 29.4. The van der Waals surface area contributed by atoms with Gasteiger partial charge in [-0.3, -0.25) is 4.79 Å². The number of ether oxygens (including phenoxy) is 2. The minimum absolute atomic E-state index is 0.117. The molecule has 0 aliphatic heterocycles. The molecule has 1 saturated carbocycles. The number of hydrogen-bond donors (Lipinski definition) is 3. The Hall–Kier alpha value is -0.950. The van der Waals surface area contributed by atoms with Crippen molar-refractivity contribution < 1.29 is 29.6 Å². The molecule has 28 heavy (non-hydrogen) atoms. The summed E-state index contributed by atoms with van der Waals surface area (Å²) < 4.78 is 10.8. The summed E-state index contributed by atoms with van der Waals surface area (Å²) in [6, 6.07) is 0. The van der Waals surface area contributed by atoms with Crippen LogP contribution in [0.4, 0.5) is 0 Å². The molecule has 1 rings (SSSR count). The van der Waals surface area contributed by atoms with Crippen molar-refractivity contribution >= 4 is 5.97 Å². The zero-order valence-corrected chi connectivity index (χ0v) is 18.7. The maximum atomic E-state index is 12.5. The molecule has 166 valence electrons. The van der Waals surface area contributed by atoms with E-state index >= 15 is 0 Å². The van der Waals surface area contributed by atoms with Gasteiger partial charge in [0.2, 0.25) is 0 Å². The monoisotopic (exact) mass is 402 g/mol. The largest absolute Gasteiger partial charge is 0.462 e. The molecule has 0 saturated heterocycles. The van der Waals surface area contributed by atoms with Crippen LogP contribution in [0, 0.1) is 17.8 Å². The molecular formula is C22H42O6. The Balaban J connectivity index is 0.00000352. The summed E-state index contributed by atoms with van der Waals surface area (Å²) in [5, 5.41) is 30.2. The standard InChI is InChI=1S/C20H36O6.C2H6/c1-6-12(2)26-20(24)19-15(10-16(25-5)11-18(19)23)8-7-9-17(22)13(3)14(4)21;1-2/h7-8,12-19,21-23H,6,9-11H2,1-5H3;1-2H3/b8-7+;. The Morgan fingerprint density at radius 2 is 1.79 bits per heavy atom. The van der Waals surface area contributed by atoms with Crippen LogP contribution in [-0.2, 0) is 14.3 Å². The number of allylic oxidation sites excluding steroid dienone is 1. The molecule has 1 fully saturated rings. The number of esters is 1. The number of rotatable bonds is 9. The predicted octanol–water partition coefficient (Wildman–Crippen LogP) is 3.08. The van der Waals surface area contributed by atoms with E-state index < -0.39 is 24.2 Å². The van der Waals surface area contributed by atoms with Crippen molar-refractivity contribution in [2.45, 2.75) is 97.7 Å². The van der Waals surface area contributed by atoms with E-state index in [-0.39, 0.29) is 30.0 Å². The van der Waals surface area contributed by atoms with Gasteiger partial charge < -0.3 is 24.8 Å². The lowest BCUT2D eigenvalue weighted by atomic mass is 9.75. The maximum Gasteiger partial charge on any atom is 0.312 e. The molecule has 3 N–H and O–H groups in total. The summed E-state index contributed by atoms with van der Waals surface area (Å²) >= 11 is 0. The molecule has 0 radical (unpaired) electrons. The van der Waals surface area contributed by atoms with Crippen LogP contribution in [0.15, 0.2) is 12.2 Å². The quantitative estimate of drug-likeness (QED) is 0.405. The fraction of sp³-hybridized carbons (Fsp3) is 0.864. The highest BCUT2D eigenvalue weighted by Crippen LogP contribution is 2.34. The first kappa shape index (κ1) is 27.0. The van der Waals surface area contributed by atoms with Gasteiger partial charge in [0.1, 0.15) is 0 Å². The summed E-state index contributed by atoms with van der Waals surface area (Å²) in [6.45, 7) is 11.2. The molecule has 1 aliphatic rings. The topological polar surface area (TPSA) is 96.2 Å². The van der Waals surface area contributed by atoms with Crippen molar-refractivity contribution in [2.24, 2.45) is 17.8 Å². The van der Waals surface area contributed by atoms with Crippen molar-refractivity contribution in [2.75, 3.05) is 7.11 Å². The molecule has 0 aromatic carbocycles. The third-order valence-corrected chi connectivity index (χ3v) is 5.54. The van der Waals surface area contributed by atoms with Gasteiger partial charge in [-0.1, -0.05) is 39.8 Å². The summed E-state index contributed by atoms with van der Waals surface area (Å²) in [5.74, 6) is -1.46. The zero-order valence-electron chi connectivity index (χ0n) is 18.7. The molecule has 0 spiro atoms. The molecule has 1 aliphatic carbocycles. The lowest BCUT2D eigenvalue weighted by Gasteiger charge is -2.36. The van der Waals surface area contributed by atoms with E-state index in [1.165, 1.54) is 0 Å². The second kappa shape index (κ2) is 14.1. The van der Waals surface area contributed by atoms with Crippen LogP contribution in [0.1, 0.15) is 67.2 Å². The van der Waals surface area contributed by atoms with Crippen LogP contribution < -0.4 is 0 Å². The van der Waals surface area contributed by atoms with E-state index in [4.69, 9.17) is 9.47 Å². The lowest BCUT2D eigenvalue weighted by Crippen LogP contribution is -2.44. The summed E-state index contributed by atoms with van der Waals surface area (Å²) in [6.07, 6.45) is 3.44. The number of carbonyl (C=O) groups excluding carboxylic acids is 1.